The summed E-state index contributed by atoms with van der Waals surface area (Å²) >= 11 is 3.32. The SMILES string of the molecule is O=[N+]([O-])c1cccc(Cn2cnc(CNC3CC3)c2)c1Br. The molecule has 0 saturated heterocycles. The molecule has 7 heteroatoms. The van der Waals surface area contributed by atoms with E-state index in [0.29, 0.717) is 17.1 Å². The number of hydrogen-bond acceptors (Lipinski definition) is 4. The molecule has 1 saturated carbocycles. The number of rotatable bonds is 6. The normalized spacial score (nSPS) is 14.3. The highest BCUT2D eigenvalue weighted by Gasteiger charge is 2.20. The molecule has 1 aromatic carbocycles. The minimum absolute atomic E-state index is 0.0863. The molecule has 0 atom stereocenters. The van der Waals surface area contributed by atoms with E-state index in [-0.39, 0.29) is 10.6 Å². The lowest BCUT2D eigenvalue weighted by molar-refractivity contribution is -0.385. The first-order chi connectivity index (χ1) is 10.1. The van der Waals surface area contributed by atoms with Gasteiger partial charge < -0.3 is 9.88 Å². The van der Waals surface area contributed by atoms with Gasteiger partial charge in [0.05, 0.1) is 16.9 Å². The number of nitro groups is 1. The maximum atomic E-state index is 10.9. The zero-order chi connectivity index (χ0) is 14.8. The van der Waals surface area contributed by atoms with Crippen LogP contribution < -0.4 is 5.32 Å². The van der Waals surface area contributed by atoms with E-state index < -0.39 is 0 Å². The first-order valence-electron chi connectivity index (χ1n) is 6.79. The summed E-state index contributed by atoms with van der Waals surface area (Å²) in [5, 5.41) is 14.3. The molecule has 0 radical (unpaired) electrons. The minimum atomic E-state index is -0.382. The second-order valence-electron chi connectivity index (χ2n) is 5.20. The summed E-state index contributed by atoms with van der Waals surface area (Å²) in [6.07, 6.45) is 6.23. The van der Waals surface area contributed by atoms with Gasteiger partial charge in [0.25, 0.3) is 5.69 Å². The molecule has 2 aromatic rings. The van der Waals surface area contributed by atoms with Crippen molar-refractivity contribution in [3.8, 4) is 0 Å². The van der Waals surface area contributed by atoms with Crippen molar-refractivity contribution in [3.05, 3.63) is 56.6 Å². The highest BCUT2D eigenvalue weighted by molar-refractivity contribution is 9.10. The zero-order valence-electron chi connectivity index (χ0n) is 11.3. The van der Waals surface area contributed by atoms with Crippen LogP contribution in [0, 0.1) is 10.1 Å². The molecular formula is C14H15BrN4O2. The minimum Gasteiger partial charge on any atom is -0.333 e. The Hall–Kier alpha value is -1.73. The van der Waals surface area contributed by atoms with Crippen molar-refractivity contribution in [2.75, 3.05) is 0 Å². The number of imidazole rings is 1. The summed E-state index contributed by atoms with van der Waals surface area (Å²) in [5.41, 5.74) is 1.94. The van der Waals surface area contributed by atoms with Gasteiger partial charge in [0.2, 0.25) is 0 Å². The van der Waals surface area contributed by atoms with Crippen LogP contribution >= 0.6 is 15.9 Å². The molecule has 21 heavy (non-hydrogen) atoms. The largest absolute Gasteiger partial charge is 0.333 e. The summed E-state index contributed by atoms with van der Waals surface area (Å²) in [6.45, 7) is 1.33. The van der Waals surface area contributed by atoms with Crippen LogP contribution in [0.4, 0.5) is 5.69 Å². The summed E-state index contributed by atoms with van der Waals surface area (Å²) in [7, 11) is 0. The molecule has 110 valence electrons. The van der Waals surface area contributed by atoms with Crippen molar-refractivity contribution in [3.63, 3.8) is 0 Å². The third kappa shape index (κ3) is 3.48. The topological polar surface area (TPSA) is 73.0 Å². The Morgan fingerprint density at radius 1 is 1.48 bits per heavy atom. The molecule has 1 N–H and O–H groups in total. The maximum Gasteiger partial charge on any atom is 0.283 e. The molecule has 0 unspecified atom stereocenters. The first-order valence-corrected chi connectivity index (χ1v) is 7.58. The molecule has 1 heterocycles. The highest BCUT2D eigenvalue weighted by Crippen LogP contribution is 2.28. The Morgan fingerprint density at radius 3 is 3.00 bits per heavy atom. The number of aromatic nitrogens is 2. The zero-order valence-corrected chi connectivity index (χ0v) is 12.9. The Kier molecular flexibility index (Phi) is 4.03. The third-order valence-electron chi connectivity index (χ3n) is 3.44. The van der Waals surface area contributed by atoms with Crippen LogP contribution in [0.5, 0.6) is 0 Å². The van der Waals surface area contributed by atoms with E-state index in [2.05, 4.69) is 26.2 Å². The lowest BCUT2D eigenvalue weighted by atomic mass is 10.2. The number of halogens is 1. The van der Waals surface area contributed by atoms with Gasteiger partial charge in [-0.3, -0.25) is 10.1 Å². The van der Waals surface area contributed by atoms with Crippen LogP contribution in [-0.2, 0) is 13.1 Å². The maximum absolute atomic E-state index is 10.9. The average Bonchev–Trinajstić information content (AvgIpc) is 3.18. The van der Waals surface area contributed by atoms with E-state index in [9.17, 15) is 10.1 Å². The van der Waals surface area contributed by atoms with Gasteiger partial charge in [-0.05, 0) is 34.3 Å². The van der Waals surface area contributed by atoms with Crippen molar-refractivity contribution in [2.45, 2.75) is 32.0 Å². The smallest absolute Gasteiger partial charge is 0.283 e. The van der Waals surface area contributed by atoms with Crippen molar-refractivity contribution in [1.82, 2.24) is 14.9 Å². The van der Waals surface area contributed by atoms with E-state index in [1.165, 1.54) is 18.9 Å². The van der Waals surface area contributed by atoms with Gasteiger partial charge in [-0.15, -0.1) is 0 Å². The predicted molar refractivity (Wildman–Crippen MR) is 82.0 cm³/mol. The van der Waals surface area contributed by atoms with Gasteiger partial charge in [0.1, 0.15) is 4.47 Å². The molecule has 0 aliphatic heterocycles. The molecule has 3 rings (SSSR count). The number of benzene rings is 1. The van der Waals surface area contributed by atoms with Crippen molar-refractivity contribution in [1.29, 1.82) is 0 Å². The Morgan fingerprint density at radius 2 is 2.29 bits per heavy atom. The summed E-state index contributed by atoms with van der Waals surface area (Å²) < 4.78 is 2.47. The summed E-state index contributed by atoms with van der Waals surface area (Å²) in [5.74, 6) is 0. The first kappa shape index (κ1) is 14.2. The van der Waals surface area contributed by atoms with Crippen molar-refractivity contribution >= 4 is 21.6 Å². The van der Waals surface area contributed by atoms with E-state index >= 15 is 0 Å². The van der Waals surface area contributed by atoms with Gasteiger partial charge in [-0.2, -0.15) is 0 Å². The van der Waals surface area contributed by atoms with Crippen LogP contribution in [0.3, 0.4) is 0 Å². The quantitative estimate of drug-likeness (QED) is 0.642. The van der Waals surface area contributed by atoms with Crippen LogP contribution in [0.25, 0.3) is 0 Å². The molecule has 0 bridgehead atoms. The van der Waals surface area contributed by atoms with Gasteiger partial charge in [0, 0.05) is 31.4 Å². The number of nitrogens with zero attached hydrogens (tertiary/aromatic N) is 3. The molecule has 6 nitrogen and oxygen atoms in total. The Bertz CT molecular complexity index is 667. The monoisotopic (exact) mass is 350 g/mol. The molecule has 1 aliphatic carbocycles. The van der Waals surface area contributed by atoms with E-state index in [1.54, 1.807) is 12.4 Å². The van der Waals surface area contributed by atoms with Crippen LogP contribution in [0.15, 0.2) is 35.2 Å². The van der Waals surface area contributed by atoms with E-state index in [0.717, 1.165) is 17.8 Å². The Labute approximate surface area is 130 Å². The fourth-order valence-electron chi connectivity index (χ4n) is 2.15. The van der Waals surface area contributed by atoms with Crippen molar-refractivity contribution in [2.24, 2.45) is 0 Å². The van der Waals surface area contributed by atoms with Crippen LogP contribution in [0.2, 0.25) is 0 Å². The third-order valence-corrected chi connectivity index (χ3v) is 4.36. The molecule has 1 fully saturated rings. The molecule has 0 spiro atoms. The summed E-state index contributed by atoms with van der Waals surface area (Å²) in [6, 6.07) is 5.72. The number of nitro benzene ring substituents is 1. The lowest BCUT2D eigenvalue weighted by Crippen LogP contribution is -2.15. The number of nitrogens with one attached hydrogen (secondary N) is 1. The van der Waals surface area contributed by atoms with Crippen LogP contribution in [0.1, 0.15) is 24.1 Å². The van der Waals surface area contributed by atoms with Gasteiger partial charge in [-0.1, -0.05) is 12.1 Å². The molecule has 0 amide bonds. The molecule has 1 aromatic heterocycles. The standard InChI is InChI=1S/C14H15BrN4O2/c15-14-10(2-1-3-13(14)19(20)21)7-18-8-12(17-9-18)6-16-11-4-5-11/h1-3,8-9,11,16H,4-7H2. The lowest BCUT2D eigenvalue weighted by Gasteiger charge is -2.05. The van der Waals surface area contributed by atoms with Crippen molar-refractivity contribution < 1.29 is 4.92 Å². The fraction of sp³-hybridized carbons (Fsp3) is 0.357. The van der Waals surface area contributed by atoms with E-state index in [1.807, 2.05) is 16.8 Å². The summed E-state index contributed by atoms with van der Waals surface area (Å²) in [4.78, 5) is 14.9. The number of hydrogen-bond donors (Lipinski definition) is 1. The van der Waals surface area contributed by atoms with Gasteiger partial charge >= 0.3 is 0 Å². The van der Waals surface area contributed by atoms with Gasteiger partial charge in [-0.25, -0.2) is 4.98 Å². The second-order valence-corrected chi connectivity index (χ2v) is 5.99. The average molecular weight is 351 g/mol. The molecular weight excluding hydrogens is 336 g/mol. The fourth-order valence-corrected chi connectivity index (χ4v) is 2.68. The predicted octanol–water partition coefficient (Wildman–Crippen LogP) is 2.85. The molecule has 1 aliphatic rings. The highest BCUT2D eigenvalue weighted by atomic mass is 79.9. The second kappa shape index (κ2) is 5.95. The van der Waals surface area contributed by atoms with Crippen LogP contribution in [-0.4, -0.2) is 20.5 Å². The van der Waals surface area contributed by atoms with E-state index in [4.69, 9.17) is 0 Å². The van der Waals surface area contributed by atoms with Gasteiger partial charge in [0.15, 0.2) is 0 Å². The Balaban J connectivity index is 1.71.